The highest BCUT2D eigenvalue weighted by Crippen LogP contribution is 2.23. The molecule has 4 nitrogen and oxygen atoms in total. The Balaban J connectivity index is 1.57. The molecular formula is C23H20O4. The number of hydrogen-bond acceptors (Lipinski definition) is 3. The van der Waals surface area contributed by atoms with Gasteiger partial charge in [0, 0.05) is 6.42 Å². The standard InChI is InChI=1S/C23H20O4/c1-16-4-2-6-19(12-16)18-8-10-22(11-9-18)27-15-21(24)14-17-5-3-7-20(13-17)23(25)26/h2-13H,14-15H2,1H3,(H,25,26). The van der Waals surface area contributed by atoms with Crippen LogP contribution in [0.2, 0.25) is 0 Å². The molecule has 0 aliphatic rings. The highest BCUT2D eigenvalue weighted by Gasteiger charge is 2.08. The first-order valence-electron chi connectivity index (χ1n) is 8.65. The molecule has 4 heteroatoms. The molecule has 1 N–H and O–H groups in total. The molecule has 0 saturated heterocycles. The summed E-state index contributed by atoms with van der Waals surface area (Å²) in [5, 5.41) is 9.01. The van der Waals surface area contributed by atoms with Crippen molar-refractivity contribution in [2.24, 2.45) is 0 Å². The van der Waals surface area contributed by atoms with Gasteiger partial charge in [-0.1, -0.05) is 54.1 Å². The molecule has 0 spiro atoms. The zero-order valence-corrected chi connectivity index (χ0v) is 15.0. The fourth-order valence-electron chi connectivity index (χ4n) is 2.83. The van der Waals surface area contributed by atoms with Gasteiger partial charge in [0.2, 0.25) is 0 Å². The van der Waals surface area contributed by atoms with Gasteiger partial charge in [-0.2, -0.15) is 0 Å². The van der Waals surface area contributed by atoms with E-state index in [9.17, 15) is 9.59 Å². The van der Waals surface area contributed by atoms with Crippen LogP contribution in [0.4, 0.5) is 0 Å². The minimum Gasteiger partial charge on any atom is -0.486 e. The van der Waals surface area contributed by atoms with Crippen LogP contribution in [0.1, 0.15) is 21.5 Å². The molecule has 3 rings (SSSR count). The Morgan fingerprint density at radius 3 is 2.33 bits per heavy atom. The number of ether oxygens (including phenoxy) is 1. The number of Topliss-reactive ketones (excluding diaryl/α,β-unsaturated/α-hetero) is 1. The highest BCUT2D eigenvalue weighted by atomic mass is 16.5. The van der Waals surface area contributed by atoms with Gasteiger partial charge in [-0.25, -0.2) is 4.79 Å². The zero-order chi connectivity index (χ0) is 19.2. The fraction of sp³-hybridized carbons (Fsp3) is 0.130. The smallest absolute Gasteiger partial charge is 0.335 e. The van der Waals surface area contributed by atoms with Crippen LogP contribution in [0.15, 0.2) is 72.8 Å². The summed E-state index contributed by atoms with van der Waals surface area (Å²) in [5.74, 6) is -0.492. The van der Waals surface area contributed by atoms with Crippen molar-refractivity contribution < 1.29 is 19.4 Å². The summed E-state index contributed by atoms with van der Waals surface area (Å²) in [6.07, 6.45) is 0.141. The van der Waals surface area contributed by atoms with Gasteiger partial charge in [-0.3, -0.25) is 4.79 Å². The Bertz CT molecular complexity index is 958. The molecule has 0 aromatic heterocycles. The quantitative estimate of drug-likeness (QED) is 0.671. The zero-order valence-electron chi connectivity index (χ0n) is 15.0. The van der Waals surface area contributed by atoms with Crippen molar-refractivity contribution in [3.8, 4) is 16.9 Å². The SMILES string of the molecule is Cc1cccc(-c2ccc(OCC(=O)Cc3cccc(C(=O)O)c3)cc2)c1. The van der Waals surface area contributed by atoms with Gasteiger partial charge >= 0.3 is 5.97 Å². The predicted octanol–water partition coefficient (Wildman–Crippen LogP) is 4.55. The van der Waals surface area contributed by atoms with E-state index in [2.05, 4.69) is 25.1 Å². The summed E-state index contributed by atoms with van der Waals surface area (Å²) in [7, 11) is 0. The van der Waals surface area contributed by atoms with Crippen LogP contribution in [0.3, 0.4) is 0 Å². The molecule has 27 heavy (non-hydrogen) atoms. The maximum Gasteiger partial charge on any atom is 0.335 e. The van der Waals surface area contributed by atoms with Crippen molar-refractivity contribution in [3.63, 3.8) is 0 Å². The van der Waals surface area contributed by atoms with Crippen molar-refractivity contribution in [2.45, 2.75) is 13.3 Å². The van der Waals surface area contributed by atoms with Crippen LogP contribution in [-0.2, 0) is 11.2 Å². The van der Waals surface area contributed by atoms with Gasteiger partial charge in [0.05, 0.1) is 5.56 Å². The van der Waals surface area contributed by atoms with Gasteiger partial charge in [0.25, 0.3) is 0 Å². The largest absolute Gasteiger partial charge is 0.486 e. The van der Waals surface area contributed by atoms with E-state index in [4.69, 9.17) is 9.84 Å². The number of carbonyl (C=O) groups is 2. The average molecular weight is 360 g/mol. The summed E-state index contributed by atoms with van der Waals surface area (Å²) in [4.78, 5) is 23.1. The number of hydrogen-bond donors (Lipinski definition) is 1. The third-order valence-corrected chi connectivity index (χ3v) is 4.18. The Labute approximate surface area is 158 Å². The number of aryl methyl sites for hydroxylation is 1. The van der Waals surface area contributed by atoms with Crippen LogP contribution >= 0.6 is 0 Å². The molecule has 136 valence electrons. The molecule has 0 bridgehead atoms. The van der Waals surface area contributed by atoms with Crippen molar-refractivity contribution in [3.05, 3.63) is 89.5 Å². The van der Waals surface area contributed by atoms with Gasteiger partial charge in [-0.05, 0) is 47.9 Å². The van der Waals surface area contributed by atoms with E-state index in [1.165, 1.54) is 17.7 Å². The Morgan fingerprint density at radius 1 is 0.889 bits per heavy atom. The summed E-state index contributed by atoms with van der Waals surface area (Å²) in [6, 6.07) is 22.2. The van der Waals surface area contributed by atoms with Crippen molar-refractivity contribution in [2.75, 3.05) is 6.61 Å². The first-order chi connectivity index (χ1) is 13.0. The fourth-order valence-corrected chi connectivity index (χ4v) is 2.83. The molecule has 0 heterocycles. The normalized spacial score (nSPS) is 10.4. The lowest BCUT2D eigenvalue weighted by Crippen LogP contribution is -2.14. The van der Waals surface area contributed by atoms with Gasteiger partial charge in [0.15, 0.2) is 5.78 Å². The van der Waals surface area contributed by atoms with Gasteiger partial charge in [-0.15, -0.1) is 0 Å². The second kappa shape index (κ2) is 8.32. The van der Waals surface area contributed by atoms with Crippen LogP contribution in [0, 0.1) is 6.92 Å². The van der Waals surface area contributed by atoms with Crippen molar-refractivity contribution >= 4 is 11.8 Å². The monoisotopic (exact) mass is 360 g/mol. The minimum atomic E-state index is -1.01. The number of benzene rings is 3. The number of aromatic carboxylic acids is 1. The topological polar surface area (TPSA) is 63.6 Å². The summed E-state index contributed by atoms with van der Waals surface area (Å²) >= 11 is 0. The average Bonchev–Trinajstić information content (AvgIpc) is 2.67. The van der Waals surface area contributed by atoms with Crippen LogP contribution in [-0.4, -0.2) is 23.5 Å². The maximum atomic E-state index is 12.1. The van der Waals surface area contributed by atoms with Crippen molar-refractivity contribution in [1.82, 2.24) is 0 Å². The molecular weight excluding hydrogens is 340 g/mol. The van der Waals surface area contributed by atoms with Crippen molar-refractivity contribution in [1.29, 1.82) is 0 Å². The number of ketones is 1. The van der Waals surface area contributed by atoms with E-state index in [0.29, 0.717) is 11.3 Å². The first-order valence-corrected chi connectivity index (χ1v) is 8.65. The number of rotatable bonds is 7. The molecule has 0 aliphatic heterocycles. The van der Waals surface area contributed by atoms with Crippen LogP contribution in [0.25, 0.3) is 11.1 Å². The minimum absolute atomic E-state index is 0.0545. The molecule has 0 amide bonds. The Hall–Kier alpha value is -3.40. The van der Waals surface area contributed by atoms with E-state index < -0.39 is 5.97 Å². The lowest BCUT2D eigenvalue weighted by atomic mass is 10.0. The molecule has 0 aliphatic carbocycles. The highest BCUT2D eigenvalue weighted by molar-refractivity contribution is 5.88. The molecule has 3 aromatic carbocycles. The lowest BCUT2D eigenvalue weighted by Gasteiger charge is -2.08. The number of carboxylic acid groups (broad SMARTS) is 1. The summed E-state index contributed by atoms with van der Waals surface area (Å²) in [6.45, 7) is 2.00. The second-order valence-electron chi connectivity index (χ2n) is 6.40. The van der Waals surface area contributed by atoms with Gasteiger partial charge < -0.3 is 9.84 Å². The third kappa shape index (κ3) is 5.05. The third-order valence-electron chi connectivity index (χ3n) is 4.18. The predicted molar refractivity (Wildman–Crippen MR) is 104 cm³/mol. The van der Waals surface area contributed by atoms with E-state index in [0.717, 1.165) is 11.1 Å². The lowest BCUT2D eigenvalue weighted by molar-refractivity contribution is -0.120. The van der Waals surface area contributed by atoms with Gasteiger partial charge in [0.1, 0.15) is 12.4 Å². The maximum absolute atomic E-state index is 12.1. The molecule has 0 unspecified atom stereocenters. The molecule has 3 aromatic rings. The number of carbonyl (C=O) groups excluding carboxylic acids is 1. The molecule has 0 saturated carbocycles. The summed E-state index contributed by atoms with van der Waals surface area (Å²) < 4.78 is 5.57. The van der Waals surface area contributed by atoms with E-state index in [1.54, 1.807) is 12.1 Å². The van der Waals surface area contributed by atoms with Crippen LogP contribution in [0.5, 0.6) is 5.75 Å². The number of carboxylic acids is 1. The first kappa shape index (κ1) is 18.4. The van der Waals surface area contributed by atoms with E-state index in [-0.39, 0.29) is 24.4 Å². The van der Waals surface area contributed by atoms with E-state index >= 15 is 0 Å². The Morgan fingerprint density at radius 2 is 1.63 bits per heavy atom. The molecule has 0 radical (unpaired) electrons. The van der Waals surface area contributed by atoms with Crippen LogP contribution < -0.4 is 4.74 Å². The van der Waals surface area contributed by atoms with E-state index in [1.807, 2.05) is 30.3 Å². The second-order valence-corrected chi connectivity index (χ2v) is 6.40. The molecule has 0 fully saturated rings. The Kier molecular flexibility index (Phi) is 5.67. The molecule has 0 atom stereocenters. The summed E-state index contributed by atoms with van der Waals surface area (Å²) in [5.41, 5.74) is 4.26.